The molecular formula is C29H36FN3O3SSi. The maximum atomic E-state index is 16.0. The van der Waals surface area contributed by atoms with Crippen LogP contribution in [0.3, 0.4) is 0 Å². The maximum Gasteiger partial charge on any atom is 0.167 e. The smallest absolute Gasteiger partial charge is 0.167 e. The van der Waals surface area contributed by atoms with Gasteiger partial charge in [-0.1, -0.05) is 61.2 Å². The first-order chi connectivity index (χ1) is 17.9. The van der Waals surface area contributed by atoms with Crippen LogP contribution in [0.15, 0.2) is 59.1 Å². The molecule has 0 unspecified atom stereocenters. The quantitative estimate of drug-likeness (QED) is 0.269. The lowest BCUT2D eigenvalue weighted by Crippen LogP contribution is -2.42. The lowest BCUT2D eigenvalue weighted by atomic mass is 9.94. The van der Waals surface area contributed by atoms with Crippen LogP contribution in [0.25, 0.3) is 22.2 Å². The van der Waals surface area contributed by atoms with Crippen LogP contribution in [-0.2, 0) is 23.8 Å². The zero-order valence-corrected chi connectivity index (χ0v) is 24.7. The number of para-hydroxylation sites is 1. The summed E-state index contributed by atoms with van der Waals surface area (Å²) in [7, 11) is -3.48. The van der Waals surface area contributed by atoms with E-state index in [9.17, 15) is 9.32 Å². The summed E-state index contributed by atoms with van der Waals surface area (Å²) in [4.78, 5) is 4.63. The molecule has 0 amide bonds. The van der Waals surface area contributed by atoms with Crippen LogP contribution >= 0.6 is 0 Å². The number of benzene rings is 2. The number of pyridine rings is 1. The molecule has 0 saturated carbocycles. The highest BCUT2D eigenvalue weighted by molar-refractivity contribution is 7.84. The van der Waals surface area contributed by atoms with Crippen LogP contribution in [0.4, 0.5) is 4.39 Å². The maximum absolute atomic E-state index is 16.0. The van der Waals surface area contributed by atoms with Crippen LogP contribution in [0.5, 0.6) is 0 Å². The summed E-state index contributed by atoms with van der Waals surface area (Å²) in [6, 6.07) is 16.6. The second-order valence-electron chi connectivity index (χ2n) is 11.5. The number of nitrogens with one attached hydrogen (secondary N) is 1. The molecule has 9 heteroatoms. The van der Waals surface area contributed by atoms with Gasteiger partial charge in [0.15, 0.2) is 5.58 Å². The Hall–Kier alpha value is -2.72. The minimum atomic E-state index is -2.05. The van der Waals surface area contributed by atoms with Crippen molar-refractivity contribution in [2.24, 2.45) is 0 Å². The molecule has 0 aliphatic carbocycles. The van der Waals surface area contributed by atoms with Crippen molar-refractivity contribution >= 4 is 35.2 Å². The van der Waals surface area contributed by atoms with Gasteiger partial charge in [-0.05, 0) is 49.7 Å². The Kier molecular flexibility index (Phi) is 8.32. The van der Waals surface area contributed by atoms with Crippen molar-refractivity contribution in [1.82, 2.24) is 14.9 Å². The van der Waals surface area contributed by atoms with Crippen LogP contribution in [0, 0.1) is 5.82 Å². The summed E-state index contributed by atoms with van der Waals surface area (Å²) in [5, 5.41) is 15.5. The summed E-state index contributed by atoms with van der Waals surface area (Å²) < 4.78 is 37.7. The van der Waals surface area contributed by atoms with Crippen LogP contribution in [0.1, 0.15) is 43.8 Å². The lowest BCUT2D eigenvalue weighted by molar-refractivity contribution is 0.298. The van der Waals surface area contributed by atoms with Crippen LogP contribution in [-0.4, -0.2) is 38.9 Å². The third-order valence-electron chi connectivity index (χ3n) is 6.43. The van der Waals surface area contributed by atoms with E-state index in [1.165, 1.54) is 0 Å². The minimum Gasteiger partial charge on any atom is -0.396 e. The standard InChI is InChI=1S/C29H36FN3O3SSi/c1-29(2,3)37(35)33-23(18-24-27(30)26(38(4,5)6)17-19(31-24)15-16-34)20-11-7-8-12-21(20)28-22-13-9-10-14-25(22)36-32-28/h7-14,17,23,33-34H,15-16,18H2,1-6H3/t23-,37-/m0/s1. The van der Waals surface area contributed by atoms with E-state index in [2.05, 4.69) is 34.5 Å². The number of hydrogen-bond acceptors (Lipinski definition) is 5. The van der Waals surface area contributed by atoms with Gasteiger partial charge >= 0.3 is 0 Å². The topological polar surface area (TPSA) is 88.2 Å². The highest BCUT2D eigenvalue weighted by atomic mass is 32.2. The fraction of sp³-hybridized carbons (Fsp3) is 0.379. The van der Waals surface area contributed by atoms with Gasteiger partial charge in [0.2, 0.25) is 0 Å². The van der Waals surface area contributed by atoms with Crippen LogP contribution < -0.4 is 9.91 Å². The van der Waals surface area contributed by atoms with E-state index in [-0.39, 0.29) is 18.8 Å². The SMILES string of the molecule is CC(C)(C)[S@](=O)N[C@@H](Cc1nc(CCO)cc([Si](C)(C)C)c1F)c1ccccc1-c1noc2ccccc12. The highest BCUT2D eigenvalue weighted by Crippen LogP contribution is 2.35. The average Bonchev–Trinajstić information content (AvgIpc) is 3.28. The Balaban J connectivity index is 1.87. The number of aromatic nitrogens is 2. The number of aliphatic hydroxyl groups excluding tert-OH is 1. The van der Waals surface area contributed by atoms with E-state index in [1.54, 1.807) is 6.07 Å². The van der Waals surface area contributed by atoms with Crippen molar-refractivity contribution in [2.75, 3.05) is 6.61 Å². The molecule has 38 heavy (non-hydrogen) atoms. The van der Waals surface area contributed by atoms with Crippen molar-refractivity contribution in [1.29, 1.82) is 0 Å². The third-order valence-corrected chi connectivity index (χ3v) is 10.0. The highest BCUT2D eigenvalue weighted by Gasteiger charge is 2.30. The van der Waals surface area contributed by atoms with Gasteiger partial charge in [0, 0.05) is 36.1 Å². The predicted octanol–water partition coefficient (Wildman–Crippen LogP) is 5.44. The Morgan fingerprint density at radius 3 is 2.47 bits per heavy atom. The Bertz CT molecular complexity index is 1460. The fourth-order valence-electron chi connectivity index (χ4n) is 4.37. The fourth-order valence-corrected chi connectivity index (χ4v) is 6.60. The molecule has 4 aromatic rings. The van der Waals surface area contributed by atoms with E-state index in [0.717, 1.165) is 16.5 Å². The number of fused-ring (bicyclic) bond motifs is 1. The van der Waals surface area contributed by atoms with Gasteiger partial charge in [0.05, 0.1) is 35.5 Å². The number of halogens is 1. The normalized spacial score (nSPS) is 14.1. The molecule has 0 aliphatic rings. The van der Waals surface area contributed by atoms with Crippen molar-refractivity contribution in [3.8, 4) is 11.3 Å². The first-order valence-electron chi connectivity index (χ1n) is 12.8. The van der Waals surface area contributed by atoms with E-state index >= 15 is 4.39 Å². The van der Waals surface area contributed by atoms with E-state index in [4.69, 9.17) is 4.52 Å². The minimum absolute atomic E-state index is 0.0685. The third kappa shape index (κ3) is 6.12. The molecule has 2 heterocycles. The van der Waals surface area contributed by atoms with E-state index in [0.29, 0.717) is 34.3 Å². The molecule has 0 radical (unpaired) electrons. The Morgan fingerprint density at radius 2 is 1.79 bits per heavy atom. The number of aliphatic hydroxyl groups is 1. The second-order valence-corrected chi connectivity index (χ2v) is 18.6. The summed E-state index contributed by atoms with van der Waals surface area (Å²) in [6.45, 7) is 11.9. The van der Waals surface area contributed by atoms with Gasteiger partial charge in [-0.2, -0.15) is 0 Å². The van der Waals surface area contributed by atoms with Crippen molar-refractivity contribution in [3.63, 3.8) is 0 Å². The molecule has 0 fully saturated rings. The van der Waals surface area contributed by atoms with Crippen LogP contribution in [0.2, 0.25) is 19.6 Å². The molecule has 2 aromatic heterocycles. The summed E-state index contributed by atoms with van der Waals surface area (Å²) in [5.41, 5.74) is 3.95. The molecular weight excluding hydrogens is 517 g/mol. The van der Waals surface area contributed by atoms with Gasteiger partial charge in [-0.25, -0.2) is 13.3 Å². The zero-order valence-electron chi connectivity index (χ0n) is 22.8. The van der Waals surface area contributed by atoms with Gasteiger partial charge in [0.25, 0.3) is 0 Å². The second kappa shape index (κ2) is 11.2. The summed E-state index contributed by atoms with van der Waals surface area (Å²) in [5.74, 6) is -0.316. The monoisotopic (exact) mass is 553 g/mol. The first-order valence-corrected chi connectivity index (χ1v) is 17.5. The van der Waals surface area contributed by atoms with Crippen molar-refractivity contribution in [2.45, 2.75) is 64.0 Å². The lowest BCUT2D eigenvalue weighted by Gasteiger charge is -2.27. The van der Waals surface area contributed by atoms with Gasteiger partial charge in [-0.15, -0.1) is 0 Å². The number of hydrogen-bond donors (Lipinski definition) is 2. The Labute approximate surface area is 227 Å². The summed E-state index contributed by atoms with van der Waals surface area (Å²) >= 11 is 0. The predicted molar refractivity (Wildman–Crippen MR) is 155 cm³/mol. The molecule has 0 spiro atoms. The van der Waals surface area contributed by atoms with Crippen molar-refractivity contribution in [3.05, 3.63) is 77.4 Å². The van der Waals surface area contributed by atoms with Crippen molar-refractivity contribution < 1.29 is 18.2 Å². The molecule has 6 nitrogen and oxygen atoms in total. The number of nitrogens with zero attached hydrogens (tertiary/aromatic N) is 2. The van der Waals surface area contributed by atoms with Gasteiger partial charge < -0.3 is 9.63 Å². The molecule has 0 bridgehead atoms. The average molecular weight is 554 g/mol. The van der Waals surface area contributed by atoms with E-state index in [1.807, 2.05) is 69.3 Å². The zero-order chi connectivity index (χ0) is 27.7. The van der Waals surface area contributed by atoms with E-state index < -0.39 is 29.8 Å². The molecule has 0 aliphatic heterocycles. The Morgan fingerprint density at radius 1 is 1.11 bits per heavy atom. The molecule has 0 saturated heterocycles. The molecule has 202 valence electrons. The molecule has 2 N–H and O–H groups in total. The number of rotatable bonds is 9. The van der Waals surface area contributed by atoms with Gasteiger partial charge in [-0.3, -0.25) is 4.98 Å². The first kappa shape index (κ1) is 28.3. The largest absolute Gasteiger partial charge is 0.396 e. The summed E-state index contributed by atoms with van der Waals surface area (Å²) in [6.07, 6.45) is 0.523. The molecule has 4 rings (SSSR count). The molecule has 2 aromatic carbocycles. The van der Waals surface area contributed by atoms with Gasteiger partial charge in [0.1, 0.15) is 11.5 Å². The molecule has 2 atom stereocenters.